The standard InChI is InChI=1S/C14H20INO/c1-9-3-5-12(7-10(9)2)17-14-6-4-11(15)8-13(14)16/h4,6,8-10,12H,3,5,7,16H2,1-2H3. The largest absolute Gasteiger partial charge is 0.488 e. The Morgan fingerprint density at radius 3 is 2.65 bits per heavy atom. The van der Waals surface area contributed by atoms with Gasteiger partial charge in [-0.2, -0.15) is 0 Å². The molecule has 1 aromatic rings. The van der Waals surface area contributed by atoms with Crippen LogP contribution in [0.2, 0.25) is 0 Å². The van der Waals surface area contributed by atoms with Crippen molar-refractivity contribution in [2.75, 3.05) is 5.73 Å². The molecule has 3 unspecified atom stereocenters. The molecule has 1 aromatic carbocycles. The second-order valence-electron chi connectivity index (χ2n) is 5.19. The minimum absolute atomic E-state index is 0.337. The number of hydrogen-bond donors (Lipinski definition) is 1. The maximum absolute atomic E-state index is 6.03. The number of benzene rings is 1. The lowest BCUT2D eigenvalue weighted by atomic mass is 9.80. The number of hydrogen-bond acceptors (Lipinski definition) is 2. The molecule has 0 aliphatic heterocycles. The van der Waals surface area contributed by atoms with Crippen LogP contribution < -0.4 is 10.5 Å². The van der Waals surface area contributed by atoms with Gasteiger partial charge in [-0.3, -0.25) is 0 Å². The van der Waals surface area contributed by atoms with Crippen LogP contribution >= 0.6 is 22.6 Å². The molecule has 2 nitrogen and oxygen atoms in total. The molecule has 3 heteroatoms. The van der Waals surface area contributed by atoms with Crippen LogP contribution in [0.15, 0.2) is 18.2 Å². The quantitative estimate of drug-likeness (QED) is 0.648. The summed E-state index contributed by atoms with van der Waals surface area (Å²) in [6, 6.07) is 5.99. The number of halogens is 1. The molecule has 0 heterocycles. The maximum Gasteiger partial charge on any atom is 0.142 e. The van der Waals surface area contributed by atoms with E-state index in [1.54, 1.807) is 0 Å². The minimum atomic E-state index is 0.337. The Bertz CT molecular complexity index is 394. The van der Waals surface area contributed by atoms with Gasteiger partial charge in [0.15, 0.2) is 0 Å². The topological polar surface area (TPSA) is 35.2 Å². The van der Waals surface area contributed by atoms with Gasteiger partial charge < -0.3 is 10.5 Å². The second-order valence-corrected chi connectivity index (χ2v) is 6.44. The van der Waals surface area contributed by atoms with Crippen molar-refractivity contribution in [1.29, 1.82) is 0 Å². The van der Waals surface area contributed by atoms with E-state index in [-0.39, 0.29) is 0 Å². The van der Waals surface area contributed by atoms with Gasteiger partial charge in [0, 0.05) is 3.57 Å². The van der Waals surface area contributed by atoms with Crippen LogP contribution in [0.1, 0.15) is 33.1 Å². The molecule has 0 radical (unpaired) electrons. The Morgan fingerprint density at radius 1 is 1.24 bits per heavy atom. The van der Waals surface area contributed by atoms with Gasteiger partial charge in [0.05, 0.1) is 11.8 Å². The molecule has 2 rings (SSSR count). The Balaban J connectivity index is 2.01. The molecule has 2 N–H and O–H groups in total. The van der Waals surface area contributed by atoms with Crippen molar-refractivity contribution in [2.24, 2.45) is 11.8 Å². The summed E-state index contributed by atoms with van der Waals surface area (Å²) in [5.74, 6) is 2.42. The fraction of sp³-hybridized carbons (Fsp3) is 0.571. The molecule has 0 amide bonds. The fourth-order valence-corrected chi connectivity index (χ4v) is 2.93. The third-order valence-electron chi connectivity index (χ3n) is 3.82. The van der Waals surface area contributed by atoms with Gasteiger partial charge in [0.25, 0.3) is 0 Å². The summed E-state index contributed by atoms with van der Waals surface area (Å²) in [4.78, 5) is 0. The smallest absolute Gasteiger partial charge is 0.142 e. The molecule has 3 atom stereocenters. The van der Waals surface area contributed by atoms with Crippen molar-refractivity contribution >= 4 is 28.3 Å². The number of anilines is 1. The summed E-state index contributed by atoms with van der Waals surface area (Å²) in [6.07, 6.45) is 3.89. The lowest BCUT2D eigenvalue weighted by Crippen LogP contribution is -2.29. The van der Waals surface area contributed by atoms with Crippen LogP contribution in [-0.2, 0) is 0 Å². The molecular formula is C14H20INO. The van der Waals surface area contributed by atoms with E-state index >= 15 is 0 Å². The maximum atomic E-state index is 6.03. The van der Waals surface area contributed by atoms with Gasteiger partial charge in [0.2, 0.25) is 0 Å². The Hall–Kier alpha value is -0.450. The summed E-state index contributed by atoms with van der Waals surface area (Å²) >= 11 is 2.26. The van der Waals surface area contributed by atoms with E-state index < -0.39 is 0 Å². The van der Waals surface area contributed by atoms with Crippen molar-refractivity contribution in [3.8, 4) is 5.75 Å². The molecular weight excluding hydrogens is 325 g/mol. The molecule has 94 valence electrons. The van der Waals surface area contributed by atoms with Crippen LogP contribution in [0.4, 0.5) is 5.69 Å². The lowest BCUT2D eigenvalue weighted by molar-refractivity contribution is 0.101. The van der Waals surface area contributed by atoms with Crippen LogP contribution in [-0.4, -0.2) is 6.10 Å². The van der Waals surface area contributed by atoms with Gasteiger partial charge in [-0.25, -0.2) is 0 Å². The summed E-state index contributed by atoms with van der Waals surface area (Å²) < 4.78 is 7.18. The van der Waals surface area contributed by atoms with Gasteiger partial charge in [-0.05, 0) is 71.9 Å². The zero-order chi connectivity index (χ0) is 12.4. The molecule has 0 spiro atoms. The Morgan fingerprint density at radius 2 is 2.00 bits per heavy atom. The minimum Gasteiger partial charge on any atom is -0.488 e. The molecule has 0 saturated heterocycles. The Labute approximate surface area is 117 Å². The average molecular weight is 345 g/mol. The van der Waals surface area contributed by atoms with Crippen LogP contribution in [0.3, 0.4) is 0 Å². The molecule has 1 aliphatic rings. The van der Waals surface area contributed by atoms with E-state index in [2.05, 4.69) is 36.4 Å². The second kappa shape index (κ2) is 5.46. The van der Waals surface area contributed by atoms with Gasteiger partial charge >= 0.3 is 0 Å². The normalized spacial score (nSPS) is 29.0. The molecule has 1 aliphatic carbocycles. The fourth-order valence-electron chi connectivity index (χ4n) is 2.41. The van der Waals surface area contributed by atoms with Crippen LogP contribution in [0.25, 0.3) is 0 Å². The first-order valence-corrected chi connectivity index (χ1v) is 7.36. The first-order chi connectivity index (χ1) is 8.06. The van der Waals surface area contributed by atoms with E-state index in [1.165, 1.54) is 6.42 Å². The van der Waals surface area contributed by atoms with E-state index in [0.29, 0.717) is 6.10 Å². The van der Waals surface area contributed by atoms with Gasteiger partial charge in [-0.15, -0.1) is 0 Å². The molecule has 0 aromatic heterocycles. The van der Waals surface area contributed by atoms with E-state index in [4.69, 9.17) is 10.5 Å². The first-order valence-electron chi connectivity index (χ1n) is 6.28. The molecule has 17 heavy (non-hydrogen) atoms. The average Bonchev–Trinajstić information content (AvgIpc) is 2.27. The zero-order valence-corrected chi connectivity index (χ0v) is 12.6. The third kappa shape index (κ3) is 3.27. The SMILES string of the molecule is CC1CCC(Oc2ccc(I)cc2N)CC1C. The molecule has 1 fully saturated rings. The van der Waals surface area contributed by atoms with Crippen LogP contribution in [0.5, 0.6) is 5.75 Å². The predicted molar refractivity (Wildman–Crippen MR) is 80.2 cm³/mol. The summed E-state index contributed by atoms with van der Waals surface area (Å²) in [7, 11) is 0. The number of nitrogen functional groups attached to an aromatic ring is 1. The van der Waals surface area contributed by atoms with Crippen LogP contribution in [0, 0.1) is 15.4 Å². The predicted octanol–water partition coefficient (Wildman–Crippen LogP) is 4.08. The van der Waals surface area contributed by atoms with E-state index in [1.807, 2.05) is 18.2 Å². The summed E-state index contributed by atoms with van der Waals surface area (Å²) in [6.45, 7) is 4.65. The highest BCUT2D eigenvalue weighted by molar-refractivity contribution is 14.1. The highest BCUT2D eigenvalue weighted by Crippen LogP contribution is 2.33. The highest BCUT2D eigenvalue weighted by Gasteiger charge is 2.26. The number of ether oxygens (including phenoxy) is 1. The highest BCUT2D eigenvalue weighted by atomic mass is 127. The lowest BCUT2D eigenvalue weighted by Gasteiger charge is -2.32. The number of nitrogens with two attached hydrogens (primary N) is 1. The Kier molecular flexibility index (Phi) is 4.17. The summed E-state index contributed by atoms with van der Waals surface area (Å²) in [5.41, 5.74) is 6.72. The van der Waals surface area contributed by atoms with Gasteiger partial charge in [-0.1, -0.05) is 13.8 Å². The van der Waals surface area contributed by atoms with Crippen molar-refractivity contribution in [2.45, 2.75) is 39.2 Å². The number of rotatable bonds is 2. The van der Waals surface area contributed by atoms with Crippen molar-refractivity contribution < 1.29 is 4.74 Å². The summed E-state index contributed by atoms with van der Waals surface area (Å²) in [5, 5.41) is 0. The molecule has 1 saturated carbocycles. The zero-order valence-electron chi connectivity index (χ0n) is 10.4. The van der Waals surface area contributed by atoms with Gasteiger partial charge in [0.1, 0.15) is 5.75 Å². The first kappa shape index (κ1) is 13.0. The monoisotopic (exact) mass is 345 g/mol. The third-order valence-corrected chi connectivity index (χ3v) is 4.49. The van der Waals surface area contributed by atoms with Crippen molar-refractivity contribution in [3.63, 3.8) is 0 Å². The molecule has 0 bridgehead atoms. The van der Waals surface area contributed by atoms with E-state index in [0.717, 1.165) is 39.7 Å². The van der Waals surface area contributed by atoms with Crippen molar-refractivity contribution in [1.82, 2.24) is 0 Å². The van der Waals surface area contributed by atoms with Crippen molar-refractivity contribution in [3.05, 3.63) is 21.8 Å². The van der Waals surface area contributed by atoms with E-state index in [9.17, 15) is 0 Å².